The van der Waals surface area contributed by atoms with Gasteiger partial charge in [-0.1, -0.05) is 59.8 Å². The molecule has 1 heteroatoms. The van der Waals surface area contributed by atoms with Crippen molar-refractivity contribution >= 4 is 0 Å². The third-order valence-corrected chi connectivity index (χ3v) is 4.02. The molecule has 0 fully saturated rings. The van der Waals surface area contributed by atoms with E-state index in [1.165, 1.54) is 51.5 Å². The second-order valence-electron chi connectivity index (χ2n) is 5.97. The Hall–Kier alpha value is -0.0400. The zero-order valence-corrected chi connectivity index (χ0v) is 12.9. The second-order valence-corrected chi connectivity index (χ2v) is 5.97. The Morgan fingerprint density at radius 2 is 1.35 bits per heavy atom. The van der Waals surface area contributed by atoms with Crippen molar-refractivity contribution in [2.24, 2.45) is 11.8 Å². The van der Waals surface area contributed by atoms with Crippen LogP contribution in [0.4, 0.5) is 0 Å². The molecule has 0 rings (SSSR count). The van der Waals surface area contributed by atoms with Gasteiger partial charge in [0, 0.05) is 6.04 Å². The quantitative estimate of drug-likeness (QED) is 0.502. The highest BCUT2D eigenvalue weighted by molar-refractivity contribution is 4.62. The van der Waals surface area contributed by atoms with Crippen molar-refractivity contribution in [1.29, 1.82) is 0 Å². The van der Waals surface area contributed by atoms with E-state index in [9.17, 15) is 0 Å². The molecule has 0 bridgehead atoms. The lowest BCUT2D eigenvalue weighted by Gasteiger charge is -2.16. The van der Waals surface area contributed by atoms with Crippen molar-refractivity contribution in [2.45, 2.75) is 85.6 Å². The molecule has 0 radical (unpaired) electrons. The van der Waals surface area contributed by atoms with Crippen LogP contribution < -0.4 is 5.32 Å². The van der Waals surface area contributed by atoms with Crippen LogP contribution in [0.25, 0.3) is 0 Å². The molecule has 0 heterocycles. The van der Waals surface area contributed by atoms with Crippen LogP contribution >= 0.6 is 0 Å². The molecule has 0 aromatic rings. The molecule has 2 unspecified atom stereocenters. The van der Waals surface area contributed by atoms with Crippen molar-refractivity contribution in [2.75, 3.05) is 6.54 Å². The summed E-state index contributed by atoms with van der Waals surface area (Å²) in [4.78, 5) is 0. The van der Waals surface area contributed by atoms with Crippen molar-refractivity contribution in [1.82, 2.24) is 5.32 Å². The van der Waals surface area contributed by atoms with Gasteiger partial charge in [-0.15, -0.1) is 0 Å². The molecule has 1 N–H and O–H groups in total. The molecule has 0 saturated heterocycles. The molecule has 1 nitrogen and oxygen atoms in total. The lowest BCUT2D eigenvalue weighted by atomic mass is 9.98. The van der Waals surface area contributed by atoms with Crippen LogP contribution in [0.3, 0.4) is 0 Å². The van der Waals surface area contributed by atoms with Gasteiger partial charge in [-0.2, -0.15) is 0 Å². The summed E-state index contributed by atoms with van der Waals surface area (Å²) in [5.41, 5.74) is 0. The van der Waals surface area contributed by atoms with E-state index in [-0.39, 0.29) is 0 Å². The highest BCUT2D eigenvalue weighted by Gasteiger charge is 2.04. The maximum atomic E-state index is 3.60. The minimum absolute atomic E-state index is 0.683. The van der Waals surface area contributed by atoms with Crippen molar-refractivity contribution in [3.63, 3.8) is 0 Å². The molecule has 0 aromatic carbocycles. The zero-order valence-electron chi connectivity index (χ0n) is 12.9. The third kappa shape index (κ3) is 10.8. The number of unbranched alkanes of at least 4 members (excludes halogenated alkanes) is 2. The van der Waals surface area contributed by atoms with Gasteiger partial charge in [0.05, 0.1) is 0 Å². The maximum Gasteiger partial charge on any atom is 0.00362 e. The normalized spacial score (nSPS) is 16.8. The Morgan fingerprint density at radius 3 is 1.88 bits per heavy atom. The van der Waals surface area contributed by atoms with Crippen LogP contribution in [0.2, 0.25) is 0 Å². The summed E-state index contributed by atoms with van der Waals surface area (Å²) in [6.07, 6.45) is 9.68. The molecule has 0 aromatic heterocycles. The fraction of sp³-hybridized carbons (Fsp3) is 1.00. The van der Waals surface area contributed by atoms with Gasteiger partial charge in [-0.05, 0) is 38.1 Å². The first-order valence-corrected chi connectivity index (χ1v) is 7.83. The molecule has 3 atom stereocenters. The van der Waals surface area contributed by atoms with Gasteiger partial charge < -0.3 is 5.32 Å². The highest BCUT2D eigenvalue weighted by Crippen LogP contribution is 2.15. The smallest absolute Gasteiger partial charge is 0.00362 e. The summed E-state index contributed by atoms with van der Waals surface area (Å²) in [5, 5.41) is 3.60. The van der Waals surface area contributed by atoms with Crippen LogP contribution in [0.15, 0.2) is 0 Å². The molecule has 0 aliphatic heterocycles. The summed E-state index contributed by atoms with van der Waals surface area (Å²) in [5.74, 6) is 1.77. The fourth-order valence-corrected chi connectivity index (χ4v) is 2.02. The number of hydrogen-bond donors (Lipinski definition) is 1. The van der Waals surface area contributed by atoms with Gasteiger partial charge in [0.15, 0.2) is 0 Å². The molecule has 0 aliphatic carbocycles. The van der Waals surface area contributed by atoms with Gasteiger partial charge in [0.25, 0.3) is 0 Å². The predicted molar refractivity (Wildman–Crippen MR) is 79.5 cm³/mol. The molecule has 17 heavy (non-hydrogen) atoms. The van der Waals surface area contributed by atoms with Crippen LogP contribution in [0, 0.1) is 11.8 Å². The number of rotatable bonds is 11. The first-order chi connectivity index (χ1) is 8.10. The molecular formula is C16H35N. The van der Waals surface area contributed by atoms with Crippen LogP contribution in [-0.4, -0.2) is 12.6 Å². The molecule has 0 aliphatic rings. The number of hydrogen-bond acceptors (Lipinski definition) is 1. The SMILES string of the molecule is CCC(C)NCC(C)CCCCC[C@H](C)CC. The average Bonchev–Trinajstić information content (AvgIpc) is 2.34. The largest absolute Gasteiger partial charge is 0.314 e. The summed E-state index contributed by atoms with van der Waals surface area (Å²) in [6.45, 7) is 12.8. The van der Waals surface area contributed by atoms with Crippen LogP contribution in [0.1, 0.15) is 79.6 Å². The standard InChI is InChI=1S/C16H35N/c1-6-14(3)11-9-8-10-12-15(4)13-17-16(5)7-2/h14-17H,6-13H2,1-5H3/t14-,15?,16?/m1/s1. The molecule has 0 amide bonds. The summed E-state index contributed by atoms with van der Waals surface area (Å²) >= 11 is 0. The minimum atomic E-state index is 0.683. The van der Waals surface area contributed by atoms with Crippen molar-refractivity contribution in [3.05, 3.63) is 0 Å². The second kappa shape index (κ2) is 11.1. The Balaban J connectivity index is 3.30. The lowest BCUT2D eigenvalue weighted by molar-refractivity contribution is 0.410. The first-order valence-electron chi connectivity index (χ1n) is 7.83. The van der Waals surface area contributed by atoms with Crippen LogP contribution in [0.5, 0.6) is 0 Å². The van der Waals surface area contributed by atoms with Crippen molar-refractivity contribution < 1.29 is 0 Å². The zero-order chi connectivity index (χ0) is 13.1. The van der Waals surface area contributed by atoms with Gasteiger partial charge in [0.1, 0.15) is 0 Å². The predicted octanol–water partition coefficient (Wildman–Crippen LogP) is 5.01. The highest BCUT2D eigenvalue weighted by atomic mass is 14.9. The number of nitrogens with one attached hydrogen (secondary N) is 1. The minimum Gasteiger partial charge on any atom is -0.314 e. The third-order valence-electron chi connectivity index (χ3n) is 4.02. The Labute approximate surface area is 110 Å². The van der Waals surface area contributed by atoms with Gasteiger partial charge in [-0.3, -0.25) is 0 Å². The first kappa shape index (κ1) is 17.0. The van der Waals surface area contributed by atoms with Gasteiger partial charge >= 0.3 is 0 Å². The summed E-state index contributed by atoms with van der Waals surface area (Å²) < 4.78 is 0. The van der Waals surface area contributed by atoms with Crippen molar-refractivity contribution in [3.8, 4) is 0 Å². The molecule has 0 saturated carbocycles. The van der Waals surface area contributed by atoms with Crippen LogP contribution in [-0.2, 0) is 0 Å². The fourth-order valence-electron chi connectivity index (χ4n) is 2.02. The summed E-state index contributed by atoms with van der Waals surface area (Å²) in [7, 11) is 0. The van der Waals surface area contributed by atoms with E-state index < -0.39 is 0 Å². The van der Waals surface area contributed by atoms with E-state index in [1.807, 2.05) is 0 Å². The summed E-state index contributed by atoms with van der Waals surface area (Å²) in [6, 6.07) is 0.683. The Bertz CT molecular complexity index is 156. The van der Waals surface area contributed by atoms with E-state index in [0.29, 0.717) is 6.04 Å². The van der Waals surface area contributed by atoms with Gasteiger partial charge in [-0.25, -0.2) is 0 Å². The van der Waals surface area contributed by atoms with Gasteiger partial charge in [0.2, 0.25) is 0 Å². The lowest BCUT2D eigenvalue weighted by Crippen LogP contribution is -2.29. The van der Waals surface area contributed by atoms with E-state index >= 15 is 0 Å². The molecular weight excluding hydrogens is 206 g/mol. The monoisotopic (exact) mass is 241 g/mol. The maximum absolute atomic E-state index is 3.60. The molecule has 104 valence electrons. The van der Waals surface area contributed by atoms with E-state index in [1.54, 1.807) is 0 Å². The Kier molecular flexibility index (Phi) is 11.0. The Morgan fingerprint density at radius 1 is 0.765 bits per heavy atom. The topological polar surface area (TPSA) is 12.0 Å². The van der Waals surface area contributed by atoms with E-state index in [0.717, 1.165) is 11.8 Å². The van der Waals surface area contributed by atoms with E-state index in [2.05, 4.69) is 39.9 Å². The molecule has 0 spiro atoms. The van der Waals surface area contributed by atoms with E-state index in [4.69, 9.17) is 0 Å². The average molecular weight is 241 g/mol.